The first-order valence-corrected chi connectivity index (χ1v) is 19.9. The van der Waals surface area contributed by atoms with Crippen LogP contribution in [-0.2, 0) is 13.0 Å². The van der Waals surface area contributed by atoms with Gasteiger partial charge in [-0.05, 0) is 110 Å². The zero-order valence-electron chi connectivity index (χ0n) is 33.1. The molecule has 282 valence electrons. The predicted octanol–water partition coefficient (Wildman–Crippen LogP) is 11.2. The van der Waals surface area contributed by atoms with Gasteiger partial charge in [0.15, 0.2) is 11.3 Å². The monoisotopic (exact) mass is 754 g/mol. The van der Waals surface area contributed by atoms with Crippen LogP contribution >= 0.6 is 0 Å². The number of hydrogen-bond acceptors (Lipinski definition) is 5. The lowest BCUT2D eigenvalue weighted by atomic mass is 10.0. The largest absolute Gasteiger partial charge is 0.304 e. The summed E-state index contributed by atoms with van der Waals surface area (Å²) in [5.74, 6) is 2.47. The third kappa shape index (κ3) is 6.05. The van der Waals surface area contributed by atoms with E-state index in [-0.39, 0.29) is 0 Å². The smallest absolute Gasteiger partial charge is 0.164 e. The highest BCUT2D eigenvalue weighted by molar-refractivity contribution is 5.86. The molecule has 0 saturated heterocycles. The number of nitrogens with zero attached hydrogens (tertiary/aromatic N) is 8. The molecule has 1 aliphatic carbocycles. The van der Waals surface area contributed by atoms with Crippen molar-refractivity contribution in [2.45, 2.75) is 47.1 Å². The van der Waals surface area contributed by atoms with Gasteiger partial charge in [-0.1, -0.05) is 85.3 Å². The van der Waals surface area contributed by atoms with Crippen molar-refractivity contribution in [1.82, 2.24) is 38.6 Å². The number of hydrogen-bond donors (Lipinski definition) is 0. The van der Waals surface area contributed by atoms with Crippen molar-refractivity contribution in [3.8, 4) is 45.5 Å². The summed E-state index contributed by atoms with van der Waals surface area (Å²) in [6.07, 6.45) is 12.0. The van der Waals surface area contributed by atoms with Gasteiger partial charge in [-0.3, -0.25) is 9.13 Å². The maximum Gasteiger partial charge on any atom is 0.164 e. The first-order chi connectivity index (χ1) is 28.4. The summed E-state index contributed by atoms with van der Waals surface area (Å²) in [6.45, 7) is 9.31. The minimum absolute atomic E-state index is 0.615. The summed E-state index contributed by atoms with van der Waals surface area (Å²) in [4.78, 5) is 25.9. The number of aromatic nitrogens is 8. The molecule has 1 aliphatic rings. The van der Waals surface area contributed by atoms with E-state index in [2.05, 4.69) is 151 Å². The molecule has 0 aliphatic heterocycles. The van der Waals surface area contributed by atoms with Crippen LogP contribution in [0.3, 0.4) is 0 Å². The van der Waals surface area contributed by atoms with Crippen LogP contribution in [0.5, 0.6) is 0 Å². The number of benzene rings is 4. The second-order valence-electron chi connectivity index (χ2n) is 15.1. The molecule has 8 nitrogen and oxygen atoms in total. The minimum atomic E-state index is 0.615. The van der Waals surface area contributed by atoms with Gasteiger partial charge >= 0.3 is 0 Å². The Bertz CT molecular complexity index is 3100. The molecule has 0 radical (unpaired) electrons. The molecule has 0 saturated carbocycles. The van der Waals surface area contributed by atoms with Gasteiger partial charge in [-0.2, -0.15) is 0 Å². The molecule has 4 aromatic carbocycles. The zero-order valence-corrected chi connectivity index (χ0v) is 33.1. The van der Waals surface area contributed by atoms with Crippen LogP contribution in [0.15, 0.2) is 145 Å². The number of pyridine rings is 2. The highest BCUT2D eigenvalue weighted by atomic mass is 15.1. The number of aryl methyl sites for hydroxylation is 3. The maximum atomic E-state index is 5.48. The van der Waals surface area contributed by atoms with Gasteiger partial charge in [0.2, 0.25) is 0 Å². The molecule has 0 N–H and O–H groups in total. The number of rotatable bonds is 8. The fraction of sp³-hybridized carbons (Fsp3) is 0.140. The summed E-state index contributed by atoms with van der Waals surface area (Å²) in [5, 5.41) is 0. The minimum Gasteiger partial charge on any atom is -0.304 e. The van der Waals surface area contributed by atoms with Gasteiger partial charge in [0, 0.05) is 35.5 Å². The van der Waals surface area contributed by atoms with Crippen LogP contribution in [0.1, 0.15) is 47.0 Å². The fourth-order valence-corrected chi connectivity index (χ4v) is 8.28. The van der Waals surface area contributed by atoms with Crippen LogP contribution in [0.4, 0.5) is 0 Å². The third-order valence-electron chi connectivity index (χ3n) is 11.4. The second kappa shape index (κ2) is 14.4. The summed E-state index contributed by atoms with van der Waals surface area (Å²) >= 11 is 0. The Morgan fingerprint density at radius 3 is 1.81 bits per heavy atom. The summed E-state index contributed by atoms with van der Waals surface area (Å²) in [5.41, 5.74) is 16.5. The van der Waals surface area contributed by atoms with Gasteiger partial charge in [-0.15, -0.1) is 0 Å². The van der Waals surface area contributed by atoms with Crippen molar-refractivity contribution in [2.75, 3.05) is 0 Å². The van der Waals surface area contributed by atoms with E-state index in [0.717, 1.165) is 92.0 Å². The zero-order chi connectivity index (χ0) is 39.3. The lowest BCUT2D eigenvalue weighted by Crippen LogP contribution is -2.07. The molecule has 0 atom stereocenters. The topological polar surface area (TPSA) is 79.2 Å². The van der Waals surface area contributed by atoms with Gasteiger partial charge in [-0.25, -0.2) is 24.9 Å². The maximum absolute atomic E-state index is 5.48. The Hall–Kier alpha value is -7.19. The van der Waals surface area contributed by atoms with E-state index in [9.17, 15) is 0 Å². The second-order valence-corrected chi connectivity index (χ2v) is 15.1. The summed E-state index contributed by atoms with van der Waals surface area (Å²) in [6, 6.07) is 40.2. The number of imidazole rings is 3. The van der Waals surface area contributed by atoms with Crippen molar-refractivity contribution in [3.05, 3.63) is 179 Å². The summed E-state index contributed by atoms with van der Waals surface area (Å²) in [7, 11) is 0. The first kappa shape index (κ1) is 35.2. The Morgan fingerprint density at radius 2 is 1.14 bits per heavy atom. The molecular formula is C50H42N8. The van der Waals surface area contributed by atoms with Gasteiger partial charge in [0.25, 0.3) is 0 Å². The average molecular weight is 755 g/mol. The van der Waals surface area contributed by atoms with E-state index < -0.39 is 0 Å². The van der Waals surface area contributed by atoms with Crippen molar-refractivity contribution >= 4 is 28.4 Å². The standard InChI is InChI=1S/C50H42N8/c1-5-35-18-12-20-40-45(27-35)57(43-23-10-7-16-33(43)3)47(53-40)38-28-37(46-54-41-21-13-25-51-49(41)56(46)31-36-19-9-6-15-32(36)2)29-39(30-38)48-55-42-22-14-26-52-50(42)58(48)44-24-11-8-17-34(44)4/h6-26,28-30H,5,27,31H2,1-4H3. The molecule has 0 bridgehead atoms. The van der Waals surface area contributed by atoms with E-state index in [0.29, 0.717) is 6.54 Å². The van der Waals surface area contributed by atoms with Gasteiger partial charge in [0.05, 0.1) is 29.3 Å². The highest BCUT2D eigenvalue weighted by Crippen LogP contribution is 2.39. The van der Waals surface area contributed by atoms with Crippen molar-refractivity contribution in [2.24, 2.45) is 0 Å². The molecule has 0 unspecified atom stereocenters. The molecule has 5 heterocycles. The average Bonchev–Trinajstić information content (AvgIpc) is 3.88. The molecular weight excluding hydrogens is 713 g/mol. The lowest BCUT2D eigenvalue weighted by Gasteiger charge is -2.18. The van der Waals surface area contributed by atoms with Crippen LogP contribution in [0.25, 0.3) is 73.9 Å². The van der Waals surface area contributed by atoms with Crippen LogP contribution in [0, 0.1) is 20.8 Å². The van der Waals surface area contributed by atoms with Crippen molar-refractivity contribution in [3.63, 3.8) is 0 Å². The molecule has 10 rings (SSSR count). The Balaban J connectivity index is 1.29. The molecule has 8 heteroatoms. The van der Waals surface area contributed by atoms with E-state index in [4.69, 9.17) is 24.9 Å². The number of para-hydroxylation sites is 2. The molecule has 0 fully saturated rings. The normalized spacial score (nSPS) is 12.6. The quantitative estimate of drug-likeness (QED) is 0.154. The van der Waals surface area contributed by atoms with Crippen molar-refractivity contribution in [1.29, 1.82) is 0 Å². The molecule has 9 aromatic rings. The number of fused-ring (bicyclic) bond motifs is 3. The van der Waals surface area contributed by atoms with Crippen molar-refractivity contribution < 1.29 is 0 Å². The number of allylic oxidation sites excluding steroid dienone is 3. The SMILES string of the molecule is CCC1=CC=Cc2nc(-c3cc(-c4nc5cccnc5n4Cc4ccccc4C)cc(-c4nc5cccnc5n4-c4ccccc4C)c3)n(-c3ccccc3C)c2C1. The summed E-state index contributed by atoms with van der Waals surface area (Å²) < 4.78 is 6.81. The van der Waals surface area contributed by atoms with Crippen LogP contribution in [-0.4, -0.2) is 38.6 Å². The Kier molecular flexibility index (Phi) is 8.74. The first-order valence-electron chi connectivity index (χ1n) is 19.9. The fourth-order valence-electron chi connectivity index (χ4n) is 8.28. The van der Waals surface area contributed by atoms with E-state index >= 15 is 0 Å². The van der Waals surface area contributed by atoms with Gasteiger partial charge in [0.1, 0.15) is 28.5 Å². The van der Waals surface area contributed by atoms with Gasteiger partial charge < -0.3 is 4.57 Å². The molecule has 0 amide bonds. The molecule has 0 spiro atoms. The Labute approximate surface area is 337 Å². The molecule has 58 heavy (non-hydrogen) atoms. The van der Waals surface area contributed by atoms with Crippen LogP contribution < -0.4 is 0 Å². The predicted molar refractivity (Wildman–Crippen MR) is 234 cm³/mol. The van der Waals surface area contributed by atoms with E-state index in [1.807, 2.05) is 36.7 Å². The van der Waals surface area contributed by atoms with E-state index in [1.54, 1.807) is 0 Å². The van der Waals surface area contributed by atoms with Crippen LogP contribution in [0.2, 0.25) is 0 Å². The highest BCUT2D eigenvalue weighted by Gasteiger charge is 2.25. The van der Waals surface area contributed by atoms with E-state index in [1.165, 1.54) is 28.0 Å². The lowest BCUT2D eigenvalue weighted by molar-refractivity contribution is 0.818. The Morgan fingerprint density at radius 1 is 0.569 bits per heavy atom. The third-order valence-corrected chi connectivity index (χ3v) is 11.4. The molecule has 5 aromatic heterocycles.